The van der Waals surface area contributed by atoms with Crippen LogP contribution in [0.3, 0.4) is 0 Å². The summed E-state index contributed by atoms with van der Waals surface area (Å²) in [5, 5.41) is 6.17. The lowest BCUT2D eigenvalue weighted by Gasteiger charge is -2.08. The molecule has 150 valence electrons. The van der Waals surface area contributed by atoms with E-state index in [0.29, 0.717) is 11.4 Å². The normalized spacial score (nSPS) is 10.7. The number of nitrogens with one attached hydrogen (secondary N) is 2. The van der Waals surface area contributed by atoms with Gasteiger partial charge >= 0.3 is 11.8 Å². The molecule has 0 atom stereocenters. The minimum Gasteiger partial charge on any atom is -0.318 e. The van der Waals surface area contributed by atoms with Gasteiger partial charge in [0.25, 0.3) is 0 Å². The molecule has 2 amide bonds. The quantitative estimate of drug-likeness (QED) is 0.326. The minimum absolute atomic E-state index is 0.550. The summed E-state index contributed by atoms with van der Waals surface area (Å²) in [6, 6.07) is 20.9. The number of hydrogen-bond donors (Lipinski definition) is 2. The monoisotopic (exact) mass is 433 g/mol. The standard InChI is InChI=1S/C23H19N3O2S2/c1-14-6-11-19-20(12-14)30-23(26-19)15-7-9-16(10-8-15)24-21(27)22(28)25-17-4-3-5-18(13-17)29-2/h3-13H,1-2H3,(H,24,27)(H,25,28). The molecule has 0 aliphatic rings. The van der Waals surface area contributed by atoms with Crippen molar-refractivity contribution in [3.8, 4) is 10.6 Å². The van der Waals surface area contributed by atoms with E-state index in [2.05, 4.69) is 28.6 Å². The summed E-state index contributed by atoms with van der Waals surface area (Å²) in [6.07, 6.45) is 1.95. The highest BCUT2D eigenvalue weighted by molar-refractivity contribution is 7.98. The molecule has 0 unspecified atom stereocenters. The maximum atomic E-state index is 12.2. The first-order valence-corrected chi connectivity index (χ1v) is 11.3. The first-order valence-electron chi connectivity index (χ1n) is 9.26. The van der Waals surface area contributed by atoms with Crippen LogP contribution in [-0.4, -0.2) is 23.1 Å². The van der Waals surface area contributed by atoms with Gasteiger partial charge in [0.15, 0.2) is 0 Å². The SMILES string of the molecule is CSc1cccc(NC(=O)C(=O)Nc2ccc(-c3nc4ccc(C)cc4s3)cc2)c1. The van der Waals surface area contributed by atoms with Gasteiger partial charge in [0.2, 0.25) is 0 Å². The maximum Gasteiger partial charge on any atom is 0.314 e. The van der Waals surface area contributed by atoms with Crippen molar-refractivity contribution in [2.75, 3.05) is 16.9 Å². The number of aryl methyl sites for hydroxylation is 1. The lowest BCUT2D eigenvalue weighted by Crippen LogP contribution is -2.29. The van der Waals surface area contributed by atoms with Crippen LogP contribution in [0.15, 0.2) is 71.6 Å². The van der Waals surface area contributed by atoms with E-state index in [9.17, 15) is 9.59 Å². The molecule has 4 rings (SSSR count). The molecule has 30 heavy (non-hydrogen) atoms. The third-order valence-corrected chi connectivity index (χ3v) is 6.26. The van der Waals surface area contributed by atoms with Crippen molar-refractivity contribution in [2.24, 2.45) is 0 Å². The average molecular weight is 434 g/mol. The molecule has 0 aliphatic heterocycles. The Bertz CT molecular complexity index is 1230. The molecule has 1 heterocycles. The van der Waals surface area contributed by atoms with Crippen LogP contribution in [0.2, 0.25) is 0 Å². The van der Waals surface area contributed by atoms with E-state index in [-0.39, 0.29) is 0 Å². The Hall–Kier alpha value is -3.16. The predicted octanol–water partition coefficient (Wildman–Crippen LogP) is 5.57. The van der Waals surface area contributed by atoms with E-state index in [0.717, 1.165) is 25.7 Å². The number of rotatable bonds is 4. The molecule has 7 heteroatoms. The van der Waals surface area contributed by atoms with Gasteiger partial charge in [-0.05, 0) is 73.3 Å². The third kappa shape index (κ3) is 4.53. The zero-order valence-corrected chi connectivity index (χ0v) is 18.1. The van der Waals surface area contributed by atoms with Crippen LogP contribution in [0, 0.1) is 6.92 Å². The van der Waals surface area contributed by atoms with Gasteiger partial charge in [-0.2, -0.15) is 0 Å². The summed E-state index contributed by atoms with van der Waals surface area (Å²) in [4.78, 5) is 30.1. The van der Waals surface area contributed by atoms with Gasteiger partial charge in [-0.15, -0.1) is 23.1 Å². The van der Waals surface area contributed by atoms with E-state index in [1.54, 1.807) is 41.3 Å². The summed E-state index contributed by atoms with van der Waals surface area (Å²) < 4.78 is 1.14. The summed E-state index contributed by atoms with van der Waals surface area (Å²) in [7, 11) is 0. The Morgan fingerprint density at radius 2 is 1.63 bits per heavy atom. The predicted molar refractivity (Wildman–Crippen MR) is 125 cm³/mol. The first kappa shape index (κ1) is 20.1. The highest BCUT2D eigenvalue weighted by Gasteiger charge is 2.14. The molecule has 0 fully saturated rings. The molecule has 0 bridgehead atoms. The van der Waals surface area contributed by atoms with Crippen LogP contribution in [0.25, 0.3) is 20.8 Å². The number of amides is 2. The molecule has 0 saturated carbocycles. The van der Waals surface area contributed by atoms with Crippen LogP contribution in [0.5, 0.6) is 0 Å². The Morgan fingerprint density at radius 1 is 0.900 bits per heavy atom. The van der Waals surface area contributed by atoms with Crippen molar-refractivity contribution >= 4 is 56.5 Å². The number of thioether (sulfide) groups is 1. The summed E-state index contributed by atoms with van der Waals surface area (Å²) in [5.41, 5.74) is 4.27. The van der Waals surface area contributed by atoms with E-state index < -0.39 is 11.8 Å². The molecule has 5 nitrogen and oxygen atoms in total. The molecule has 0 spiro atoms. The second-order valence-electron chi connectivity index (χ2n) is 6.71. The van der Waals surface area contributed by atoms with Crippen LogP contribution in [-0.2, 0) is 9.59 Å². The molecule has 1 aromatic heterocycles. The number of benzene rings is 3. The van der Waals surface area contributed by atoms with Gasteiger partial charge < -0.3 is 10.6 Å². The van der Waals surface area contributed by atoms with Crippen LogP contribution < -0.4 is 10.6 Å². The fourth-order valence-electron chi connectivity index (χ4n) is 2.93. The van der Waals surface area contributed by atoms with Gasteiger partial charge in [0, 0.05) is 21.8 Å². The van der Waals surface area contributed by atoms with Crippen molar-refractivity contribution in [2.45, 2.75) is 11.8 Å². The molecule has 0 aliphatic carbocycles. The molecule has 3 aromatic carbocycles. The highest BCUT2D eigenvalue weighted by atomic mass is 32.2. The van der Waals surface area contributed by atoms with E-state index in [4.69, 9.17) is 0 Å². The Labute approximate surface area is 182 Å². The van der Waals surface area contributed by atoms with Crippen molar-refractivity contribution in [1.82, 2.24) is 4.98 Å². The fraction of sp³-hybridized carbons (Fsp3) is 0.0870. The second kappa shape index (κ2) is 8.69. The van der Waals surface area contributed by atoms with E-state index >= 15 is 0 Å². The largest absolute Gasteiger partial charge is 0.318 e. The molecule has 4 aromatic rings. The van der Waals surface area contributed by atoms with Crippen molar-refractivity contribution < 1.29 is 9.59 Å². The number of carbonyl (C=O) groups excluding carboxylic acids is 2. The van der Waals surface area contributed by atoms with Crippen LogP contribution in [0.4, 0.5) is 11.4 Å². The fourth-order valence-corrected chi connectivity index (χ4v) is 4.46. The van der Waals surface area contributed by atoms with Crippen LogP contribution >= 0.6 is 23.1 Å². The topological polar surface area (TPSA) is 71.1 Å². The summed E-state index contributed by atoms with van der Waals surface area (Å²) in [6.45, 7) is 2.06. The number of hydrogen-bond acceptors (Lipinski definition) is 5. The Balaban J connectivity index is 1.43. The number of nitrogens with zero attached hydrogens (tertiary/aromatic N) is 1. The van der Waals surface area contributed by atoms with Gasteiger partial charge in [0.1, 0.15) is 5.01 Å². The minimum atomic E-state index is -0.715. The zero-order valence-electron chi connectivity index (χ0n) is 16.4. The lowest BCUT2D eigenvalue weighted by molar-refractivity contribution is -0.132. The number of fused-ring (bicyclic) bond motifs is 1. The Kier molecular flexibility index (Phi) is 5.83. The number of carbonyl (C=O) groups is 2. The zero-order chi connectivity index (χ0) is 21.1. The van der Waals surface area contributed by atoms with Crippen LogP contribution in [0.1, 0.15) is 5.56 Å². The molecular formula is C23H19N3O2S2. The highest BCUT2D eigenvalue weighted by Crippen LogP contribution is 2.31. The van der Waals surface area contributed by atoms with E-state index in [1.165, 1.54) is 5.56 Å². The molecule has 2 N–H and O–H groups in total. The van der Waals surface area contributed by atoms with E-state index in [1.807, 2.05) is 48.7 Å². The number of anilines is 2. The van der Waals surface area contributed by atoms with Crippen molar-refractivity contribution in [3.63, 3.8) is 0 Å². The lowest BCUT2D eigenvalue weighted by atomic mass is 10.2. The molecular weight excluding hydrogens is 414 g/mol. The Morgan fingerprint density at radius 3 is 2.37 bits per heavy atom. The van der Waals surface area contributed by atoms with Gasteiger partial charge in [0.05, 0.1) is 10.2 Å². The number of aromatic nitrogens is 1. The number of thiazole rings is 1. The third-order valence-electron chi connectivity index (χ3n) is 4.47. The summed E-state index contributed by atoms with van der Waals surface area (Å²) in [5.74, 6) is -1.42. The summed E-state index contributed by atoms with van der Waals surface area (Å²) >= 11 is 3.20. The van der Waals surface area contributed by atoms with Crippen molar-refractivity contribution in [3.05, 3.63) is 72.3 Å². The van der Waals surface area contributed by atoms with Gasteiger partial charge in [-0.1, -0.05) is 12.1 Å². The molecule has 0 radical (unpaired) electrons. The molecule has 0 saturated heterocycles. The maximum absolute atomic E-state index is 12.2. The smallest absolute Gasteiger partial charge is 0.314 e. The second-order valence-corrected chi connectivity index (χ2v) is 8.62. The average Bonchev–Trinajstić information content (AvgIpc) is 3.17. The van der Waals surface area contributed by atoms with Gasteiger partial charge in [-0.3, -0.25) is 9.59 Å². The first-order chi connectivity index (χ1) is 14.5. The van der Waals surface area contributed by atoms with Gasteiger partial charge in [-0.25, -0.2) is 4.98 Å². The van der Waals surface area contributed by atoms with Crippen molar-refractivity contribution in [1.29, 1.82) is 0 Å².